The standard InChI is InChI=1S/C13H14F2N2O/c1-8-2-3-17-7-12(8)18-13-10(14)4-9(6-16)5-11(13)15/h4-5,8,12,17H,2-3,7H2,1H3. The van der Waals surface area contributed by atoms with Gasteiger partial charge in [0.05, 0.1) is 11.6 Å². The van der Waals surface area contributed by atoms with Crippen LogP contribution in [0.1, 0.15) is 18.9 Å². The first-order valence-electron chi connectivity index (χ1n) is 5.88. The van der Waals surface area contributed by atoms with Crippen LogP contribution in [0.3, 0.4) is 0 Å². The molecule has 0 saturated carbocycles. The van der Waals surface area contributed by atoms with Crippen LogP contribution in [0.15, 0.2) is 12.1 Å². The molecule has 2 atom stereocenters. The van der Waals surface area contributed by atoms with Gasteiger partial charge in [-0.05, 0) is 31.0 Å². The molecular formula is C13H14F2N2O. The molecule has 1 saturated heterocycles. The van der Waals surface area contributed by atoms with E-state index < -0.39 is 17.4 Å². The van der Waals surface area contributed by atoms with E-state index in [1.807, 2.05) is 6.92 Å². The highest BCUT2D eigenvalue weighted by molar-refractivity contribution is 5.37. The Bertz CT molecular complexity index is 461. The summed E-state index contributed by atoms with van der Waals surface area (Å²) in [7, 11) is 0. The van der Waals surface area contributed by atoms with Crippen molar-refractivity contribution in [2.45, 2.75) is 19.4 Å². The molecule has 3 nitrogen and oxygen atoms in total. The molecule has 0 aliphatic carbocycles. The summed E-state index contributed by atoms with van der Waals surface area (Å²) < 4.78 is 32.7. The van der Waals surface area contributed by atoms with Gasteiger partial charge >= 0.3 is 0 Å². The van der Waals surface area contributed by atoms with Crippen molar-refractivity contribution in [3.63, 3.8) is 0 Å². The van der Waals surface area contributed by atoms with Crippen molar-refractivity contribution in [2.75, 3.05) is 13.1 Å². The van der Waals surface area contributed by atoms with Crippen LogP contribution in [0.4, 0.5) is 8.78 Å². The fraction of sp³-hybridized carbons (Fsp3) is 0.462. The van der Waals surface area contributed by atoms with Gasteiger partial charge in [0.15, 0.2) is 17.4 Å². The molecule has 0 spiro atoms. The molecule has 1 aliphatic rings. The quantitative estimate of drug-likeness (QED) is 0.877. The minimum atomic E-state index is -0.829. The van der Waals surface area contributed by atoms with Crippen molar-refractivity contribution >= 4 is 0 Å². The first-order valence-corrected chi connectivity index (χ1v) is 5.88. The van der Waals surface area contributed by atoms with E-state index in [0.29, 0.717) is 6.54 Å². The lowest BCUT2D eigenvalue weighted by Gasteiger charge is -2.30. The Balaban J connectivity index is 2.21. The predicted molar refractivity (Wildman–Crippen MR) is 62.1 cm³/mol. The molecular weight excluding hydrogens is 238 g/mol. The highest BCUT2D eigenvalue weighted by Crippen LogP contribution is 2.26. The van der Waals surface area contributed by atoms with Crippen LogP contribution in [0.2, 0.25) is 0 Å². The number of hydrogen-bond donors (Lipinski definition) is 1. The lowest BCUT2D eigenvalue weighted by molar-refractivity contribution is 0.105. The van der Waals surface area contributed by atoms with Crippen molar-refractivity contribution in [1.29, 1.82) is 5.26 Å². The van der Waals surface area contributed by atoms with Gasteiger partial charge in [-0.25, -0.2) is 8.78 Å². The van der Waals surface area contributed by atoms with Gasteiger partial charge < -0.3 is 10.1 Å². The molecule has 2 unspecified atom stereocenters. The Labute approximate surface area is 104 Å². The number of nitriles is 1. The van der Waals surface area contributed by atoms with E-state index in [4.69, 9.17) is 10.00 Å². The normalized spacial score (nSPS) is 23.4. The predicted octanol–water partition coefficient (Wildman–Crippen LogP) is 2.21. The van der Waals surface area contributed by atoms with Gasteiger partial charge in [-0.3, -0.25) is 0 Å². The van der Waals surface area contributed by atoms with Crippen LogP contribution >= 0.6 is 0 Å². The summed E-state index contributed by atoms with van der Waals surface area (Å²) in [5, 5.41) is 11.7. The average Bonchev–Trinajstić information content (AvgIpc) is 2.35. The SMILES string of the molecule is CC1CCNCC1Oc1c(F)cc(C#N)cc1F. The maximum Gasteiger partial charge on any atom is 0.191 e. The first-order chi connectivity index (χ1) is 8.61. The summed E-state index contributed by atoms with van der Waals surface area (Å²) in [6, 6.07) is 3.67. The third-order valence-electron chi connectivity index (χ3n) is 3.15. The second kappa shape index (κ2) is 5.32. The molecule has 0 radical (unpaired) electrons. The second-order valence-electron chi connectivity index (χ2n) is 4.51. The van der Waals surface area contributed by atoms with Crippen LogP contribution in [-0.2, 0) is 0 Å². The molecule has 0 bridgehead atoms. The summed E-state index contributed by atoms with van der Waals surface area (Å²) in [6.45, 7) is 3.45. The van der Waals surface area contributed by atoms with E-state index in [1.165, 1.54) is 0 Å². The number of piperidine rings is 1. The van der Waals surface area contributed by atoms with Crippen LogP contribution in [0, 0.1) is 28.9 Å². The van der Waals surface area contributed by atoms with Crippen molar-refractivity contribution in [3.8, 4) is 11.8 Å². The highest BCUT2D eigenvalue weighted by atomic mass is 19.1. The highest BCUT2D eigenvalue weighted by Gasteiger charge is 2.25. The van der Waals surface area contributed by atoms with Gasteiger partial charge in [0.1, 0.15) is 6.10 Å². The zero-order valence-electron chi connectivity index (χ0n) is 10.0. The lowest BCUT2D eigenvalue weighted by atomic mass is 9.97. The molecule has 5 heteroatoms. The van der Waals surface area contributed by atoms with Crippen LogP contribution in [0.5, 0.6) is 5.75 Å². The molecule has 0 amide bonds. The summed E-state index contributed by atoms with van der Waals surface area (Å²) in [5.74, 6) is -1.82. The van der Waals surface area contributed by atoms with Gasteiger partial charge in [0, 0.05) is 6.54 Å². The first kappa shape index (κ1) is 12.8. The summed E-state index contributed by atoms with van der Waals surface area (Å²) >= 11 is 0. The summed E-state index contributed by atoms with van der Waals surface area (Å²) in [4.78, 5) is 0. The summed E-state index contributed by atoms with van der Waals surface area (Å²) in [6.07, 6.45) is 0.653. The Morgan fingerprint density at radius 3 is 2.61 bits per heavy atom. The van der Waals surface area contributed by atoms with E-state index in [2.05, 4.69) is 5.32 Å². The van der Waals surface area contributed by atoms with Crippen LogP contribution < -0.4 is 10.1 Å². The zero-order valence-corrected chi connectivity index (χ0v) is 10.0. The topological polar surface area (TPSA) is 45.0 Å². The van der Waals surface area contributed by atoms with Crippen molar-refractivity contribution in [1.82, 2.24) is 5.32 Å². The monoisotopic (exact) mass is 252 g/mol. The van der Waals surface area contributed by atoms with Crippen molar-refractivity contribution in [3.05, 3.63) is 29.3 Å². The van der Waals surface area contributed by atoms with E-state index in [9.17, 15) is 8.78 Å². The van der Waals surface area contributed by atoms with Crippen molar-refractivity contribution in [2.24, 2.45) is 5.92 Å². The van der Waals surface area contributed by atoms with Gasteiger partial charge in [-0.1, -0.05) is 6.92 Å². The Morgan fingerprint density at radius 1 is 1.39 bits per heavy atom. The van der Waals surface area contributed by atoms with E-state index >= 15 is 0 Å². The number of hydrogen-bond acceptors (Lipinski definition) is 3. The van der Waals surface area contributed by atoms with E-state index in [0.717, 1.165) is 25.1 Å². The second-order valence-corrected chi connectivity index (χ2v) is 4.51. The number of nitrogens with one attached hydrogen (secondary N) is 1. The van der Waals surface area contributed by atoms with E-state index in [-0.39, 0.29) is 17.6 Å². The molecule has 1 fully saturated rings. The smallest absolute Gasteiger partial charge is 0.191 e. The molecule has 1 aliphatic heterocycles. The Kier molecular flexibility index (Phi) is 3.78. The fourth-order valence-corrected chi connectivity index (χ4v) is 2.01. The Morgan fingerprint density at radius 2 is 2.06 bits per heavy atom. The maximum atomic E-state index is 13.6. The summed E-state index contributed by atoms with van der Waals surface area (Å²) in [5.41, 5.74) is -0.0489. The van der Waals surface area contributed by atoms with Gasteiger partial charge in [-0.2, -0.15) is 5.26 Å². The number of rotatable bonds is 2. The third kappa shape index (κ3) is 2.59. The number of nitrogens with zero attached hydrogens (tertiary/aromatic N) is 1. The van der Waals surface area contributed by atoms with Crippen LogP contribution in [-0.4, -0.2) is 19.2 Å². The Hall–Kier alpha value is -1.67. The third-order valence-corrected chi connectivity index (χ3v) is 3.15. The molecule has 1 heterocycles. The fourth-order valence-electron chi connectivity index (χ4n) is 2.01. The minimum absolute atomic E-state index is 0.0489. The average molecular weight is 252 g/mol. The molecule has 1 aromatic rings. The molecule has 2 rings (SSSR count). The lowest BCUT2D eigenvalue weighted by Crippen LogP contribution is -2.43. The number of halogens is 2. The molecule has 96 valence electrons. The van der Waals surface area contributed by atoms with Crippen molar-refractivity contribution < 1.29 is 13.5 Å². The van der Waals surface area contributed by atoms with Gasteiger partial charge in [0.2, 0.25) is 0 Å². The molecule has 18 heavy (non-hydrogen) atoms. The molecule has 1 N–H and O–H groups in total. The molecule has 0 aromatic heterocycles. The minimum Gasteiger partial charge on any atom is -0.483 e. The van der Waals surface area contributed by atoms with Gasteiger partial charge in [-0.15, -0.1) is 0 Å². The largest absolute Gasteiger partial charge is 0.483 e. The number of ether oxygens (including phenoxy) is 1. The zero-order chi connectivity index (χ0) is 13.1. The maximum absolute atomic E-state index is 13.6. The van der Waals surface area contributed by atoms with Gasteiger partial charge in [0.25, 0.3) is 0 Å². The van der Waals surface area contributed by atoms with Crippen LogP contribution in [0.25, 0.3) is 0 Å². The number of benzene rings is 1. The van der Waals surface area contributed by atoms with E-state index in [1.54, 1.807) is 6.07 Å². The molecule has 1 aromatic carbocycles.